The quantitative estimate of drug-likeness (QED) is 0.357. The monoisotopic (exact) mass is 473 g/mol. The SMILES string of the molecule is COc1ccc(-c2cnsc2-c2cc(C)c(C)c(OC)c2)cc1NC(=O)[C@@H](N)c1ccccc1. The molecular formula is C27H27N3O3S. The number of aryl methyl sites for hydroxylation is 1. The van der Waals surface area contributed by atoms with E-state index in [2.05, 4.69) is 22.7 Å². The minimum Gasteiger partial charge on any atom is -0.496 e. The van der Waals surface area contributed by atoms with Gasteiger partial charge in [0.15, 0.2) is 0 Å². The zero-order chi connectivity index (χ0) is 24.2. The van der Waals surface area contributed by atoms with E-state index in [9.17, 15) is 4.79 Å². The molecule has 0 fully saturated rings. The van der Waals surface area contributed by atoms with E-state index in [0.717, 1.165) is 44.0 Å². The Morgan fingerprint density at radius 2 is 1.71 bits per heavy atom. The molecule has 1 atom stereocenters. The van der Waals surface area contributed by atoms with Crippen LogP contribution in [0.25, 0.3) is 21.6 Å². The van der Waals surface area contributed by atoms with Gasteiger partial charge in [0.25, 0.3) is 0 Å². The van der Waals surface area contributed by atoms with Crippen molar-refractivity contribution in [3.05, 3.63) is 83.6 Å². The van der Waals surface area contributed by atoms with Gasteiger partial charge in [0.2, 0.25) is 5.91 Å². The number of hydrogen-bond acceptors (Lipinski definition) is 6. The molecule has 0 saturated heterocycles. The highest BCUT2D eigenvalue weighted by atomic mass is 32.1. The lowest BCUT2D eigenvalue weighted by molar-refractivity contribution is -0.117. The molecular weight excluding hydrogens is 446 g/mol. The van der Waals surface area contributed by atoms with Crippen LogP contribution in [0.1, 0.15) is 22.7 Å². The van der Waals surface area contributed by atoms with Crippen LogP contribution in [0.5, 0.6) is 11.5 Å². The number of hydrogen-bond donors (Lipinski definition) is 2. The largest absolute Gasteiger partial charge is 0.496 e. The molecule has 1 aromatic heterocycles. The molecule has 0 radical (unpaired) electrons. The second-order valence-electron chi connectivity index (χ2n) is 7.98. The first kappa shape index (κ1) is 23.5. The number of nitrogens with one attached hydrogen (secondary N) is 1. The first-order valence-corrected chi connectivity index (χ1v) is 11.6. The highest BCUT2D eigenvalue weighted by Gasteiger charge is 2.19. The average Bonchev–Trinajstić information content (AvgIpc) is 3.35. The second-order valence-corrected chi connectivity index (χ2v) is 8.78. The van der Waals surface area contributed by atoms with E-state index in [4.69, 9.17) is 15.2 Å². The number of amides is 1. The van der Waals surface area contributed by atoms with Gasteiger partial charge >= 0.3 is 0 Å². The summed E-state index contributed by atoms with van der Waals surface area (Å²) in [5, 5.41) is 2.93. The number of aromatic nitrogens is 1. The fraction of sp³-hybridized carbons (Fsp3) is 0.185. The summed E-state index contributed by atoms with van der Waals surface area (Å²) in [6, 6.07) is 18.3. The van der Waals surface area contributed by atoms with Crippen molar-refractivity contribution in [3.8, 4) is 33.1 Å². The lowest BCUT2D eigenvalue weighted by Crippen LogP contribution is -2.27. The topological polar surface area (TPSA) is 86.5 Å². The minimum atomic E-state index is -0.795. The van der Waals surface area contributed by atoms with Gasteiger partial charge in [-0.3, -0.25) is 4.79 Å². The maximum atomic E-state index is 12.9. The zero-order valence-electron chi connectivity index (χ0n) is 19.6. The minimum absolute atomic E-state index is 0.316. The molecule has 6 nitrogen and oxygen atoms in total. The Morgan fingerprint density at radius 1 is 0.971 bits per heavy atom. The van der Waals surface area contributed by atoms with Crippen molar-refractivity contribution in [2.24, 2.45) is 5.73 Å². The van der Waals surface area contributed by atoms with Gasteiger partial charge in [-0.05, 0) is 71.4 Å². The highest BCUT2D eigenvalue weighted by Crippen LogP contribution is 2.40. The third-order valence-electron chi connectivity index (χ3n) is 5.88. The Hall–Kier alpha value is -3.68. The third-order valence-corrected chi connectivity index (χ3v) is 6.73. The lowest BCUT2D eigenvalue weighted by atomic mass is 9.99. The predicted molar refractivity (Wildman–Crippen MR) is 138 cm³/mol. The maximum absolute atomic E-state index is 12.9. The van der Waals surface area contributed by atoms with Crippen LogP contribution in [0.3, 0.4) is 0 Å². The van der Waals surface area contributed by atoms with E-state index in [1.807, 2.05) is 67.7 Å². The smallest absolute Gasteiger partial charge is 0.245 e. The molecule has 0 unspecified atom stereocenters. The highest BCUT2D eigenvalue weighted by molar-refractivity contribution is 7.10. The summed E-state index contributed by atoms with van der Waals surface area (Å²) < 4.78 is 15.5. The number of rotatable bonds is 7. The first-order chi connectivity index (χ1) is 16.4. The maximum Gasteiger partial charge on any atom is 0.245 e. The summed E-state index contributed by atoms with van der Waals surface area (Å²) in [6.45, 7) is 4.11. The Kier molecular flexibility index (Phi) is 6.95. The molecule has 1 amide bonds. The van der Waals surface area contributed by atoms with E-state index in [-0.39, 0.29) is 5.91 Å². The third kappa shape index (κ3) is 4.66. The molecule has 34 heavy (non-hydrogen) atoms. The fourth-order valence-corrected chi connectivity index (χ4v) is 4.57. The van der Waals surface area contributed by atoms with Gasteiger partial charge in [-0.2, -0.15) is 4.37 Å². The molecule has 0 aliphatic carbocycles. The molecule has 4 aromatic rings. The van der Waals surface area contributed by atoms with Crippen molar-refractivity contribution < 1.29 is 14.3 Å². The van der Waals surface area contributed by atoms with Crippen LogP contribution in [-0.2, 0) is 4.79 Å². The number of benzene rings is 3. The summed E-state index contributed by atoms with van der Waals surface area (Å²) in [5.74, 6) is 1.08. The van der Waals surface area contributed by atoms with Gasteiger partial charge in [0.1, 0.15) is 17.5 Å². The van der Waals surface area contributed by atoms with Crippen LogP contribution in [0.15, 0.2) is 66.9 Å². The Bertz CT molecular complexity index is 1320. The van der Waals surface area contributed by atoms with Crippen LogP contribution >= 0.6 is 11.5 Å². The molecule has 3 N–H and O–H groups in total. The van der Waals surface area contributed by atoms with Crippen molar-refractivity contribution >= 4 is 23.1 Å². The average molecular weight is 474 g/mol. The van der Waals surface area contributed by atoms with Gasteiger partial charge in [-0.1, -0.05) is 42.5 Å². The van der Waals surface area contributed by atoms with Gasteiger partial charge in [0, 0.05) is 11.8 Å². The Labute approximate surface area is 203 Å². The predicted octanol–water partition coefficient (Wildman–Crippen LogP) is 5.75. The Balaban J connectivity index is 1.69. The van der Waals surface area contributed by atoms with E-state index in [1.165, 1.54) is 11.5 Å². The fourth-order valence-electron chi connectivity index (χ4n) is 3.82. The van der Waals surface area contributed by atoms with Gasteiger partial charge in [-0.25, -0.2) is 0 Å². The molecule has 4 rings (SSSR count). The molecule has 7 heteroatoms. The summed E-state index contributed by atoms with van der Waals surface area (Å²) in [7, 11) is 3.25. The number of carbonyl (C=O) groups excluding carboxylic acids is 1. The number of carbonyl (C=O) groups is 1. The van der Waals surface area contributed by atoms with Crippen molar-refractivity contribution in [2.45, 2.75) is 19.9 Å². The summed E-state index contributed by atoms with van der Waals surface area (Å²) in [4.78, 5) is 13.9. The summed E-state index contributed by atoms with van der Waals surface area (Å²) in [5.41, 5.74) is 12.6. The summed E-state index contributed by atoms with van der Waals surface area (Å²) >= 11 is 1.42. The molecule has 3 aromatic carbocycles. The summed E-state index contributed by atoms with van der Waals surface area (Å²) in [6.07, 6.45) is 1.84. The van der Waals surface area contributed by atoms with Crippen LogP contribution in [-0.4, -0.2) is 24.5 Å². The standard InChI is InChI=1S/C27H27N3O3S/c1-16-12-20(14-24(33-4)17(16)2)26-21(15-29-34-26)19-10-11-23(32-3)22(13-19)30-27(31)25(28)18-8-6-5-7-9-18/h5-15,25H,28H2,1-4H3,(H,30,31)/t25-/m0/s1. The van der Waals surface area contributed by atoms with E-state index < -0.39 is 6.04 Å². The number of nitrogens with zero attached hydrogens (tertiary/aromatic N) is 1. The molecule has 0 bridgehead atoms. The van der Waals surface area contributed by atoms with Crippen LogP contribution < -0.4 is 20.5 Å². The number of ether oxygens (including phenoxy) is 2. The van der Waals surface area contributed by atoms with E-state index >= 15 is 0 Å². The molecule has 0 aliphatic rings. The van der Waals surface area contributed by atoms with E-state index in [1.54, 1.807) is 14.2 Å². The second kappa shape index (κ2) is 10.1. The van der Waals surface area contributed by atoms with Gasteiger partial charge in [-0.15, -0.1) is 0 Å². The zero-order valence-corrected chi connectivity index (χ0v) is 20.4. The van der Waals surface area contributed by atoms with Crippen molar-refractivity contribution in [1.82, 2.24) is 4.37 Å². The Morgan fingerprint density at radius 3 is 2.41 bits per heavy atom. The van der Waals surface area contributed by atoms with Crippen molar-refractivity contribution in [1.29, 1.82) is 0 Å². The normalized spacial score (nSPS) is 11.7. The number of nitrogens with two attached hydrogens (primary N) is 1. The van der Waals surface area contributed by atoms with Gasteiger partial charge in [0.05, 0.1) is 24.8 Å². The van der Waals surface area contributed by atoms with Crippen LogP contribution in [0.2, 0.25) is 0 Å². The molecule has 174 valence electrons. The number of methoxy groups -OCH3 is 2. The van der Waals surface area contributed by atoms with Crippen LogP contribution in [0, 0.1) is 13.8 Å². The molecule has 1 heterocycles. The van der Waals surface area contributed by atoms with Crippen LogP contribution in [0.4, 0.5) is 5.69 Å². The lowest BCUT2D eigenvalue weighted by Gasteiger charge is -2.16. The molecule has 0 saturated carbocycles. The van der Waals surface area contributed by atoms with Crippen molar-refractivity contribution in [2.75, 3.05) is 19.5 Å². The van der Waals surface area contributed by atoms with Gasteiger partial charge < -0.3 is 20.5 Å². The molecule has 0 aliphatic heterocycles. The molecule has 0 spiro atoms. The van der Waals surface area contributed by atoms with Crippen molar-refractivity contribution in [3.63, 3.8) is 0 Å². The number of anilines is 1. The van der Waals surface area contributed by atoms with E-state index in [0.29, 0.717) is 11.4 Å². The first-order valence-electron chi connectivity index (χ1n) is 10.8.